The lowest BCUT2D eigenvalue weighted by Gasteiger charge is -2.21. The molecule has 0 aromatic carbocycles. The molecule has 0 fully saturated rings. The van der Waals surface area contributed by atoms with Gasteiger partial charge in [0.15, 0.2) is 12.2 Å². The van der Waals surface area contributed by atoms with Gasteiger partial charge in [0.1, 0.15) is 19.3 Å². The van der Waals surface area contributed by atoms with Gasteiger partial charge in [0.2, 0.25) is 0 Å². The van der Waals surface area contributed by atoms with Gasteiger partial charge in [-0.05, 0) is 135 Å². The van der Waals surface area contributed by atoms with Gasteiger partial charge in [-0.2, -0.15) is 0 Å². The van der Waals surface area contributed by atoms with Crippen LogP contribution in [0, 0.1) is 0 Å². The highest BCUT2D eigenvalue weighted by Crippen LogP contribution is 2.45. The SMILES string of the molecule is CC/C=C\C/C=C\C/C=C\C/C=C\C/C=C\CCCCCC(=O)O[C@H](COC(=O)CC/C=C\C/C=C\C/C=C\C/C=C\C/C=C\CCCCC)COP(=O)(O)OC[C@@H](O)COP(=O)(O)OC[C@@H](COC(=O)CCCCCCC/C=C\CCCCCC)OC(=O)CCCCCCCCCCCCCCCCC. The minimum absolute atomic E-state index is 0.0271. The number of allylic oxidation sites excluding steroid dienone is 22. The Balaban J connectivity index is 5.47. The molecule has 2 unspecified atom stereocenters. The van der Waals surface area contributed by atoms with Gasteiger partial charge in [0.25, 0.3) is 0 Å². The number of aliphatic hydroxyl groups is 1. The lowest BCUT2D eigenvalue weighted by molar-refractivity contribution is -0.161. The number of ether oxygens (including phenoxy) is 4. The van der Waals surface area contributed by atoms with Gasteiger partial charge in [0, 0.05) is 25.7 Å². The number of aliphatic hydroxyl groups excluding tert-OH is 1. The third-order valence-corrected chi connectivity index (χ3v) is 19.0. The minimum atomic E-state index is -5.01. The van der Waals surface area contributed by atoms with E-state index in [4.69, 9.17) is 37.0 Å². The van der Waals surface area contributed by atoms with Crippen molar-refractivity contribution in [2.24, 2.45) is 0 Å². The normalized spacial score (nSPS) is 14.5. The first-order valence-corrected chi connectivity index (χ1v) is 44.4. The van der Waals surface area contributed by atoms with Crippen LogP contribution < -0.4 is 0 Å². The van der Waals surface area contributed by atoms with E-state index in [1.165, 1.54) is 109 Å². The van der Waals surface area contributed by atoms with E-state index in [0.29, 0.717) is 32.1 Å². The summed E-state index contributed by atoms with van der Waals surface area (Å²) in [6, 6.07) is 0. The minimum Gasteiger partial charge on any atom is -0.462 e. The number of carbonyl (C=O) groups excluding carboxylic acids is 4. The Bertz CT molecular complexity index is 2530. The molecule has 19 heteroatoms. The highest BCUT2D eigenvalue weighted by Gasteiger charge is 2.30. The van der Waals surface area contributed by atoms with Crippen molar-refractivity contribution in [2.45, 2.75) is 354 Å². The molecule has 0 spiro atoms. The van der Waals surface area contributed by atoms with Crippen LogP contribution in [-0.4, -0.2) is 96.7 Å². The second-order valence-corrected chi connectivity index (χ2v) is 30.2. The number of carbonyl (C=O) groups is 4. The molecular weight excluding hydrogens is 1380 g/mol. The third kappa shape index (κ3) is 77.4. The average molecular weight is 1530 g/mol. The molecule has 5 atom stereocenters. The summed E-state index contributed by atoms with van der Waals surface area (Å²) in [4.78, 5) is 73.1. The Labute approximate surface area is 644 Å². The van der Waals surface area contributed by atoms with Crippen LogP contribution in [0.15, 0.2) is 134 Å². The summed E-state index contributed by atoms with van der Waals surface area (Å²) in [5, 5.41) is 10.7. The maximum atomic E-state index is 13.1. The van der Waals surface area contributed by atoms with Crippen molar-refractivity contribution < 1.29 is 80.2 Å². The smallest absolute Gasteiger partial charge is 0.462 e. The first-order chi connectivity index (χ1) is 51.7. The van der Waals surface area contributed by atoms with E-state index in [0.717, 1.165) is 141 Å². The van der Waals surface area contributed by atoms with E-state index >= 15 is 0 Å². The zero-order valence-corrected chi connectivity index (χ0v) is 68.4. The average Bonchev–Trinajstić information content (AvgIpc) is 0.902. The summed E-state index contributed by atoms with van der Waals surface area (Å²) in [6.45, 7) is 4.62. The van der Waals surface area contributed by atoms with Gasteiger partial charge in [-0.25, -0.2) is 9.13 Å². The second kappa shape index (κ2) is 78.3. The van der Waals surface area contributed by atoms with Gasteiger partial charge in [-0.15, -0.1) is 0 Å². The number of esters is 4. The molecule has 0 aromatic rings. The highest BCUT2D eigenvalue weighted by molar-refractivity contribution is 7.47. The van der Waals surface area contributed by atoms with E-state index in [1.54, 1.807) is 0 Å². The fourth-order valence-corrected chi connectivity index (χ4v) is 12.4. The summed E-state index contributed by atoms with van der Waals surface area (Å²) in [5.41, 5.74) is 0. The third-order valence-electron chi connectivity index (χ3n) is 17.1. The summed E-state index contributed by atoms with van der Waals surface area (Å²) < 4.78 is 68.6. The molecule has 0 radical (unpaired) electrons. The van der Waals surface area contributed by atoms with Gasteiger partial charge < -0.3 is 33.8 Å². The van der Waals surface area contributed by atoms with Gasteiger partial charge in [0.05, 0.1) is 26.4 Å². The lowest BCUT2D eigenvalue weighted by atomic mass is 10.0. The molecule has 106 heavy (non-hydrogen) atoms. The van der Waals surface area contributed by atoms with Crippen molar-refractivity contribution in [1.82, 2.24) is 0 Å². The van der Waals surface area contributed by atoms with Crippen LogP contribution in [0.4, 0.5) is 0 Å². The molecule has 0 rings (SSSR count). The van der Waals surface area contributed by atoms with E-state index in [2.05, 4.69) is 143 Å². The standard InChI is InChI=1S/C87H148O17P2/c1-5-9-13-17-21-25-29-33-36-38-40-42-45-48-52-56-60-64-68-72-85(90)98-78-83(104-87(92)74-70-66-62-58-54-50-46-43-41-39-37-34-30-26-22-18-14-10-6-2)80-102-106(95,96)100-76-81(88)75-99-105(93,94)101-79-82(77-97-84(89)71-67-63-59-55-51-47-32-28-24-20-16-12-8-4)103-86(91)73-69-65-61-57-53-49-44-35-31-27-23-19-15-11-7-3/h10,14,21-22,25-26,28,32-34,36-37,40-43,48,50,52,54,60,64,81-83,88H,5-9,11-13,15-20,23-24,27,29-31,35,38-39,44-47,49,51,53,55-59,61-63,65-80H2,1-4H3,(H,93,94)(H,95,96)/b14-10-,25-21-,26-22-,32-28-,36-33-,37-34-,42-40-,43-41-,52-48-,54-50-,64-60-/t81-,82+,83+/m0/s1. The number of rotatable bonds is 77. The zero-order valence-electron chi connectivity index (χ0n) is 66.6. The summed E-state index contributed by atoms with van der Waals surface area (Å²) >= 11 is 0. The fourth-order valence-electron chi connectivity index (χ4n) is 10.8. The molecule has 0 saturated carbocycles. The first-order valence-electron chi connectivity index (χ1n) is 41.4. The highest BCUT2D eigenvalue weighted by atomic mass is 31.2. The lowest BCUT2D eigenvalue weighted by Crippen LogP contribution is -2.30. The Morgan fingerprint density at radius 2 is 0.509 bits per heavy atom. The predicted octanol–water partition coefficient (Wildman–Crippen LogP) is 24.4. The Hall–Kier alpha value is -4.80. The van der Waals surface area contributed by atoms with Crippen LogP contribution in [0.5, 0.6) is 0 Å². The van der Waals surface area contributed by atoms with Crippen LogP contribution in [-0.2, 0) is 65.4 Å². The van der Waals surface area contributed by atoms with Gasteiger partial charge in [-0.1, -0.05) is 309 Å². The maximum absolute atomic E-state index is 13.1. The Kier molecular flexibility index (Phi) is 74.8. The summed E-state index contributed by atoms with van der Waals surface area (Å²) in [6.07, 6.45) is 88.6. The van der Waals surface area contributed by atoms with Crippen molar-refractivity contribution in [3.8, 4) is 0 Å². The van der Waals surface area contributed by atoms with Crippen molar-refractivity contribution in [1.29, 1.82) is 0 Å². The van der Waals surface area contributed by atoms with Crippen LogP contribution in [0.2, 0.25) is 0 Å². The van der Waals surface area contributed by atoms with Crippen LogP contribution in [0.25, 0.3) is 0 Å². The van der Waals surface area contributed by atoms with Gasteiger partial charge in [-0.3, -0.25) is 37.3 Å². The molecule has 0 heterocycles. The largest absolute Gasteiger partial charge is 0.472 e. The summed E-state index contributed by atoms with van der Waals surface area (Å²) in [7, 11) is -9.99. The number of hydrogen-bond donors (Lipinski definition) is 3. The number of phosphoric acid groups is 2. The molecule has 0 bridgehead atoms. The van der Waals surface area contributed by atoms with Crippen LogP contribution in [0.1, 0.15) is 336 Å². The van der Waals surface area contributed by atoms with Crippen molar-refractivity contribution >= 4 is 39.5 Å². The van der Waals surface area contributed by atoms with Gasteiger partial charge >= 0.3 is 39.5 Å². The number of hydrogen-bond acceptors (Lipinski definition) is 15. The predicted molar refractivity (Wildman–Crippen MR) is 436 cm³/mol. The van der Waals surface area contributed by atoms with E-state index in [9.17, 15) is 43.2 Å². The molecule has 3 N–H and O–H groups in total. The molecule has 0 aliphatic heterocycles. The topological polar surface area (TPSA) is 237 Å². The van der Waals surface area contributed by atoms with Crippen LogP contribution >= 0.6 is 15.6 Å². The number of phosphoric ester groups is 2. The molecule has 17 nitrogen and oxygen atoms in total. The monoisotopic (exact) mass is 1530 g/mol. The Morgan fingerprint density at radius 1 is 0.274 bits per heavy atom. The van der Waals surface area contributed by atoms with E-state index < -0.39 is 97.5 Å². The molecule has 0 amide bonds. The Morgan fingerprint density at radius 3 is 0.858 bits per heavy atom. The maximum Gasteiger partial charge on any atom is 0.472 e. The first kappa shape index (κ1) is 101. The fraction of sp³-hybridized carbons (Fsp3) is 0.701. The molecule has 0 aromatic heterocycles. The molecule has 0 aliphatic rings. The quantitative estimate of drug-likeness (QED) is 0.0169. The second-order valence-electron chi connectivity index (χ2n) is 27.3. The molecule has 0 saturated heterocycles. The zero-order chi connectivity index (χ0) is 77.4. The number of unbranched alkanes of at least 4 members (excludes halogenated alkanes) is 29. The molecule has 608 valence electrons. The van der Waals surface area contributed by atoms with E-state index in [1.807, 2.05) is 18.2 Å². The molecular formula is C87H148O17P2. The van der Waals surface area contributed by atoms with Crippen LogP contribution in [0.3, 0.4) is 0 Å². The van der Waals surface area contributed by atoms with Crippen molar-refractivity contribution in [3.63, 3.8) is 0 Å². The van der Waals surface area contributed by atoms with E-state index in [-0.39, 0.29) is 25.7 Å². The molecule has 0 aliphatic carbocycles. The van der Waals surface area contributed by atoms with Crippen molar-refractivity contribution in [3.05, 3.63) is 134 Å². The summed E-state index contributed by atoms with van der Waals surface area (Å²) in [5.74, 6) is -2.31. The van der Waals surface area contributed by atoms with Crippen molar-refractivity contribution in [2.75, 3.05) is 39.6 Å².